The summed E-state index contributed by atoms with van der Waals surface area (Å²) in [7, 11) is 1.69. The maximum atomic E-state index is 9.46. The van der Waals surface area contributed by atoms with Gasteiger partial charge in [0.25, 0.3) is 0 Å². The number of rotatable bonds is 5. The molecule has 108 valence electrons. The van der Waals surface area contributed by atoms with Gasteiger partial charge in [-0.05, 0) is 24.0 Å². The summed E-state index contributed by atoms with van der Waals surface area (Å²) in [5.41, 5.74) is 2.17. The second-order valence-electron chi connectivity index (χ2n) is 5.60. The van der Waals surface area contributed by atoms with Gasteiger partial charge in [-0.25, -0.2) is 0 Å². The van der Waals surface area contributed by atoms with Crippen LogP contribution < -0.4 is 5.32 Å². The normalized spacial score (nSPS) is 18.2. The van der Waals surface area contributed by atoms with E-state index in [0.29, 0.717) is 12.6 Å². The van der Waals surface area contributed by atoms with E-state index in [1.165, 1.54) is 38.5 Å². The number of benzene rings is 1. The zero-order valence-electron chi connectivity index (χ0n) is 12.3. The van der Waals surface area contributed by atoms with Crippen molar-refractivity contribution in [3.05, 3.63) is 35.4 Å². The minimum atomic E-state index is -0.213. The molecular formula is C17H24N2O. The Bertz CT molecular complexity index is 445. The molecule has 1 atom stereocenters. The molecule has 20 heavy (non-hydrogen) atoms. The third-order valence-electron chi connectivity index (χ3n) is 3.98. The lowest BCUT2D eigenvalue weighted by atomic mass is 10.0. The van der Waals surface area contributed by atoms with Gasteiger partial charge in [-0.1, -0.05) is 49.9 Å². The van der Waals surface area contributed by atoms with Gasteiger partial charge >= 0.3 is 0 Å². The summed E-state index contributed by atoms with van der Waals surface area (Å²) in [4.78, 5) is 0. The van der Waals surface area contributed by atoms with Crippen molar-refractivity contribution in [2.75, 3.05) is 7.11 Å². The van der Waals surface area contributed by atoms with Crippen molar-refractivity contribution in [1.82, 2.24) is 5.32 Å². The number of nitrogens with zero attached hydrogens (tertiary/aromatic N) is 1. The number of hydrogen-bond acceptors (Lipinski definition) is 3. The minimum Gasteiger partial charge on any atom is -0.380 e. The molecule has 1 unspecified atom stereocenters. The highest BCUT2D eigenvalue weighted by atomic mass is 16.5. The van der Waals surface area contributed by atoms with Crippen LogP contribution in [-0.4, -0.2) is 13.2 Å². The van der Waals surface area contributed by atoms with Crippen LogP contribution >= 0.6 is 0 Å². The van der Waals surface area contributed by atoms with Crippen LogP contribution in [0.1, 0.15) is 55.7 Å². The van der Waals surface area contributed by atoms with Crippen molar-refractivity contribution in [2.24, 2.45) is 0 Å². The summed E-state index contributed by atoms with van der Waals surface area (Å²) in [6.07, 6.45) is 7.60. The average molecular weight is 272 g/mol. The lowest BCUT2D eigenvalue weighted by Crippen LogP contribution is -2.31. The smallest absolute Gasteiger partial charge is 0.121 e. The van der Waals surface area contributed by atoms with E-state index in [0.717, 1.165) is 11.1 Å². The molecule has 0 heterocycles. The lowest BCUT2D eigenvalue weighted by molar-refractivity contribution is 0.185. The first-order chi connectivity index (χ1) is 9.83. The highest BCUT2D eigenvalue weighted by molar-refractivity contribution is 5.29. The van der Waals surface area contributed by atoms with Crippen LogP contribution in [0.25, 0.3) is 0 Å². The maximum Gasteiger partial charge on any atom is 0.121 e. The topological polar surface area (TPSA) is 45.0 Å². The molecule has 1 aromatic carbocycles. The van der Waals surface area contributed by atoms with Gasteiger partial charge in [-0.15, -0.1) is 0 Å². The fraction of sp³-hybridized carbons (Fsp3) is 0.588. The zero-order chi connectivity index (χ0) is 14.2. The minimum absolute atomic E-state index is 0.213. The first-order valence-corrected chi connectivity index (χ1v) is 7.57. The third kappa shape index (κ3) is 4.33. The summed E-state index contributed by atoms with van der Waals surface area (Å²) < 4.78 is 5.16. The molecule has 0 aliphatic heterocycles. The predicted molar refractivity (Wildman–Crippen MR) is 80.1 cm³/mol. The quantitative estimate of drug-likeness (QED) is 0.831. The number of hydrogen-bond donors (Lipinski definition) is 1. The molecule has 1 N–H and O–H groups in total. The molecule has 0 amide bonds. The number of methoxy groups -OCH3 is 1. The molecule has 3 nitrogen and oxygen atoms in total. The van der Waals surface area contributed by atoms with Crippen molar-refractivity contribution in [3.63, 3.8) is 0 Å². The molecule has 3 heteroatoms. The first-order valence-electron chi connectivity index (χ1n) is 7.57. The van der Waals surface area contributed by atoms with Crippen LogP contribution in [-0.2, 0) is 11.3 Å². The third-order valence-corrected chi connectivity index (χ3v) is 3.98. The highest BCUT2D eigenvalue weighted by Crippen LogP contribution is 2.21. The predicted octanol–water partition coefficient (Wildman–Crippen LogP) is 3.71. The van der Waals surface area contributed by atoms with Gasteiger partial charge in [0.2, 0.25) is 0 Å². The van der Waals surface area contributed by atoms with E-state index in [2.05, 4.69) is 17.5 Å². The van der Waals surface area contributed by atoms with Crippen LogP contribution in [0.15, 0.2) is 24.3 Å². The molecule has 1 aliphatic carbocycles. The molecule has 2 rings (SSSR count). The number of ether oxygens (including phenoxy) is 1. The molecule has 0 bridgehead atoms. The molecule has 0 radical (unpaired) electrons. The Morgan fingerprint density at radius 2 is 2.05 bits per heavy atom. The first kappa shape index (κ1) is 15.0. The van der Waals surface area contributed by atoms with Crippen molar-refractivity contribution < 1.29 is 4.74 Å². The van der Waals surface area contributed by atoms with Gasteiger partial charge in [-0.3, -0.25) is 5.32 Å². The summed E-state index contributed by atoms with van der Waals surface area (Å²) in [5.74, 6) is 0. The Morgan fingerprint density at radius 3 is 2.70 bits per heavy atom. The van der Waals surface area contributed by atoms with Crippen LogP contribution in [0.2, 0.25) is 0 Å². The molecule has 1 aliphatic rings. The van der Waals surface area contributed by atoms with Crippen molar-refractivity contribution in [1.29, 1.82) is 5.26 Å². The molecule has 1 fully saturated rings. The van der Waals surface area contributed by atoms with E-state index in [1.54, 1.807) is 7.11 Å². The lowest BCUT2D eigenvalue weighted by Gasteiger charge is -2.21. The van der Waals surface area contributed by atoms with Crippen LogP contribution in [0, 0.1) is 11.3 Å². The van der Waals surface area contributed by atoms with E-state index in [1.807, 2.05) is 18.2 Å². The Labute approximate surface area is 121 Å². The summed E-state index contributed by atoms with van der Waals surface area (Å²) in [5, 5.41) is 13.0. The van der Waals surface area contributed by atoms with Gasteiger partial charge in [0.1, 0.15) is 6.04 Å². The standard InChI is InChI=1S/C17H24N2O/c1-20-13-14-7-6-8-15(11-14)17(12-18)19-16-9-4-2-3-5-10-16/h6-8,11,16-17,19H,2-5,9-10,13H2,1H3. The summed E-state index contributed by atoms with van der Waals surface area (Å²) in [6, 6.07) is 10.8. The van der Waals surface area contributed by atoms with Gasteiger partial charge in [0.05, 0.1) is 12.7 Å². The second kappa shape index (κ2) is 8.04. The summed E-state index contributed by atoms with van der Waals surface area (Å²) in [6.45, 7) is 0.593. The fourth-order valence-corrected chi connectivity index (χ4v) is 2.92. The Kier molecular flexibility index (Phi) is 6.04. The van der Waals surface area contributed by atoms with Crippen molar-refractivity contribution >= 4 is 0 Å². The van der Waals surface area contributed by atoms with Gasteiger partial charge in [0, 0.05) is 13.2 Å². The number of nitrogens with one attached hydrogen (secondary N) is 1. The maximum absolute atomic E-state index is 9.46. The molecule has 1 aromatic rings. The van der Waals surface area contributed by atoms with Crippen LogP contribution in [0.4, 0.5) is 0 Å². The van der Waals surface area contributed by atoms with Gasteiger partial charge in [0.15, 0.2) is 0 Å². The Morgan fingerprint density at radius 1 is 1.30 bits per heavy atom. The van der Waals surface area contributed by atoms with E-state index in [4.69, 9.17) is 4.74 Å². The molecule has 0 aromatic heterocycles. The molecule has 0 spiro atoms. The summed E-state index contributed by atoms with van der Waals surface area (Å²) >= 11 is 0. The zero-order valence-corrected chi connectivity index (χ0v) is 12.3. The highest BCUT2D eigenvalue weighted by Gasteiger charge is 2.18. The van der Waals surface area contributed by atoms with Gasteiger partial charge < -0.3 is 4.74 Å². The average Bonchev–Trinajstić information content (AvgIpc) is 2.74. The van der Waals surface area contributed by atoms with Crippen LogP contribution in [0.5, 0.6) is 0 Å². The Hall–Kier alpha value is -1.37. The SMILES string of the molecule is COCc1cccc(C(C#N)NC2CCCCCC2)c1. The van der Waals surface area contributed by atoms with E-state index >= 15 is 0 Å². The fourth-order valence-electron chi connectivity index (χ4n) is 2.92. The molecule has 1 saturated carbocycles. The van der Waals surface area contributed by atoms with E-state index < -0.39 is 0 Å². The van der Waals surface area contributed by atoms with Gasteiger partial charge in [-0.2, -0.15) is 5.26 Å². The van der Waals surface area contributed by atoms with Crippen LogP contribution in [0.3, 0.4) is 0 Å². The van der Waals surface area contributed by atoms with Crippen molar-refractivity contribution in [2.45, 2.75) is 57.2 Å². The monoisotopic (exact) mass is 272 g/mol. The second-order valence-corrected chi connectivity index (χ2v) is 5.60. The largest absolute Gasteiger partial charge is 0.380 e. The molecular weight excluding hydrogens is 248 g/mol. The van der Waals surface area contributed by atoms with E-state index in [-0.39, 0.29) is 6.04 Å². The molecule has 0 saturated heterocycles. The number of nitriles is 1. The Balaban J connectivity index is 2.03. The van der Waals surface area contributed by atoms with E-state index in [9.17, 15) is 5.26 Å². The van der Waals surface area contributed by atoms with Crippen molar-refractivity contribution in [3.8, 4) is 6.07 Å².